The molecule has 2 N–H and O–H groups in total. The first-order valence-electron chi connectivity index (χ1n) is 9.72. The minimum absolute atomic E-state index is 0.0681. The fourth-order valence-electron chi connectivity index (χ4n) is 3.77. The average Bonchev–Trinajstić information content (AvgIpc) is 3.32. The summed E-state index contributed by atoms with van der Waals surface area (Å²) in [6, 6.07) is -1.17. The molecule has 1 aliphatic carbocycles. The monoisotopic (exact) mass is 460 g/mol. The van der Waals surface area contributed by atoms with Crippen molar-refractivity contribution in [2.45, 2.75) is 57.1 Å². The molecule has 174 valence electrons. The molecule has 1 heterocycles. The number of amides is 2. The van der Waals surface area contributed by atoms with Gasteiger partial charge in [-0.3, -0.25) is 9.59 Å². The molecular formula is C19H28N2O9S. The number of ether oxygens (including phenoxy) is 3. The molecule has 2 fully saturated rings. The Kier molecular flexibility index (Phi) is 6.74. The van der Waals surface area contributed by atoms with Crippen LogP contribution in [0.5, 0.6) is 0 Å². The number of hydrogen-bond donors (Lipinski definition) is 2. The van der Waals surface area contributed by atoms with E-state index in [4.69, 9.17) is 14.2 Å². The molecule has 0 aromatic carbocycles. The molecule has 1 saturated carbocycles. The van der Waals surface area contributed by atoms with Gasteiger partial charge in [-0.15, -0.1) is 0 Å². The fraction of sp³-hybridized carbons (Fsp3) is 0.684. The number of nitrogens with one attached hydrogen (secondary N) is 2. The molecule has 0 aromatic rings. The van der Waals surface area contributed by atoms with Crippen molar-refractivity contribution in [3.05, 3.63) is 12.8 Å². The van der Waals surface area contributed by atoms with Crippen LogP contribution in [0, 0.1) is 11.8 Å². The Balaban J connectivity index is 2.28. The highest BCUT2D eigenvalue weighted by molar-refractivity contribution is 7.92. The molecule has 12 heteroatoms. The van der Waals surface area contributed by atoms with Gasteiger partial charge in [-0.2, -0.15) is 0 Å². The van der Waals surface area contributed by atoms with Crippen molar-refractivity contribution in [2.24, 2.45) is 11.8 Å². The SMILES string of the molecule is C=COC(=O)[C@@H]1[C@@H]2[C@H]1S(=O)(=O)CC2(NC(=O)[C@H](C)NC(=O)OC(C)(C)C)C(=O)OCC. The average molecular weight is 461 g/mol. The molecule has 1 aliphatic heterocycles. The largest absolute Gasteiger partial charge is 0.464 e. The molecule has 2 aliphatic rings. The maximum Gasteiger partial charge on any atom is 0.408 e. The predicted octanol–water partition coefficient (Wildman–Crippen LogP) is 0.0474. The van der Waals surface area contributed by atoms with Crippen molar-refractivity contribution in [2.75, 3.05) is 12.4 Å². The van der Waals surface area contributed by atoms with E-state index in [9.17, 15) is 27.6 Å². The number of fused-ring (bicyclic) bond motifs is 1. The molecule has 31 heavy (non-hydrogen) atoms. The van der Waals surface area contributed by atoms with E-state index >= 15 is 0 Å². The zero-order valence-corrected chi connectivity index (χ0v) is 18.9. The molecule has 2 rings (SSSR count). The Labute approximate surface area is 180 Å². The van der Waals surface area contributed by atoms with Crippen LogP contribution in [0.3, 0.4) is 0 Å². The predicted molar refractivity (Wildman–Crippen MR) is 107 cm³/mol. The molecule has 1 unspecified atom stereocenters. The number of alkyl carbamates (subject to hydrolysis) is 1. The zero-order valence-electron chi connectivity index (χ0n) is 18.1. The van der Waals surface area contributed by atoms with E-state index in [0.29, 0.717) is 0 Å². The second-order valence-electron chi connectivity index (χ2n) is 8.48. The van der Waals surface area contributed by atoms with Gasteiger partial charge >= 0.3 is 18.0 Å². The lowest BCUT2D eigenvalue weighted by molar-refractivity contribution is -0.154. The van der Waals surface area contributed by atoms with Gasteiger partial charge in [0, 0.05) is 5.92 Å². The number of carbonyl (C=O) groups excluding carboxylic acids is 4. The van der Waals surface area contributed by atoms with Gasteiger partial charge in [0.15, 0.2) is 15.4 Å². The summed E-state index contributed by atoms with van der Waals surface area (Å²) < 4.78 is 40.1. The third kappa shape index (κ3) is 5.00. The van der Waals surface area contributed by atoms with Crippen LogP contribution in [0.25, 0.3) is 0 Å². The highest BCUT2D eigenvalue weighted by Gasteiger charge is 2.79. The molecule has 0 bridgehead atoms. The van der Waals surface area contributed by atoms with E-state index in [1.165, 1.54) is 13.8 Å². The van der Waals surface area contributed by atoms with E-state index in [1.54, 1.807) is 20.8 Å². The molecule has 0 radical (unpaired) electrons. The number of esters is 2. The van der Waals surface area contributed by atoms with Crippen LogP contribution in [-0.4, -0.2) is 67.1 Å². The van der Waals surface area contributed by atoms with Gasteiger partial charge in [-0.25, -0.2) is 18.0 Å². The minimum atomic E-state index is -3.92. The first-order chi connectivity index (χ1) is 14.2. The maximum absolute atomic E-state index is 12.8. The first-order valence-corrected chi connectivity index (χ1v) is 11.4. The molecule has 1 saturated heterocycles. The second-order valence-corrected chi connectivity index (χ2v) is 10.6. The van der Waals surface area contributed by atoms with Gasteiger partial charge < -0.3 is 24.8 Å². The second kappa shape index (κ2) is 8.48. The van der Waals surface area contributed by atoms with Gasteiger partial charge in [0.25, 0.3) is 0 Å². The van der Waals surface area contributed by atoms with E-state index in [2.05, 4.69) is 17.2 Å². The van der Waals surface area contributed by atoms with Gasteiger partial charge in [0.1, 0.15) is 11.6 Å². The summed E-state index contributed by atoms with van der Waals surface area (Å²) in [5.41, 5.74) is -2.78. The third-order valence-corrected chi connectivity index (χ3v) is 7.22. The topological polar surface area (TPSA) is 154 Å². The number of rotatable bonds is 7. The standard InChI is InChI=1S/C19H28N2O9S/c1-7-28-15(23)11-12-13(11)31(26,27)9-19(12,16(24)29-8-2)21-14(22)10(3)20-17(25)30-18(4,5)6/h7,10-13H,1,8-9H2,2-6H3,(H,20,25)(H,21,22)/t10-,11+,12+,13-,19?/m0/s1. The Morgan fingerprint density at radius 2 is 1.87 bits per heavy atom. The summed E-state index contributed by atoms with van der Waals surface area (Å²) >= 11 is 0. The zero-order chi connectivity index (χ0) is 23.8. The molecule has 11 nitrogen and oxygen atoms in total. The maximum atomic E-state index is 12.8. The molecule has 5 atom stereocenters. The van der Waals surface area contributed by atoms with Gasteiger partial charge in [0.2, 0.25) is 5.91 Å². The molecular weight excluding hydrogens is 432 g/mol. The summed E-state index contributed by atoms with van der Waals surface area (Å²) in [5.74, 6) is -5.60. The van der Waals surface area contributed by atoms with E-state index < -0.39 is 73.8 Å². The summed E-state index contributed by atoms with van der Waals surface area (Å²) in [7, 11) is -3.92. The van der Waals surface area contributed by atoms with Crippen LogP contribution in [0.1, 0.15) is 34.6 Å². The Hall–Kier alpha value is -2.63. The van der Waals surface area contributed by atoms with Gasteiger partial charge in [-0.05, 0) is 34.6 Å². The van der Waals surface area contributed by atoms with Crippen LogP contribution < -0.4 is 10.6 Å². The number of carbonyl (C=O) groups is 4. The Morgan fingerprint density at radius 3 is 2.39 bits per heavy atom. The van der Waals surface area contributed by atoms with Crippen LogP contribution in [0.2, 0.25) is 0 Å². The number of sulfone groups is 1. The van der Waals surface area contributed by atoms with Gasteiger partial charge in [-0.1, -0.05) is 6.58 Å². The lowest BCUT2D eigenvalue weighted by Gasteiger charge is -2.31. The van der Waals surface area contributed by atoms with Crippen LogP contribution >= 0.6 is 0 Å². The summed E-state index contributed by atoms with van der Waals surface area (Å²) in [4.78, 5) is 49.7. The number of hydrogen-bond acceptors (Lipinski definition) is 9. The quantitative estimate of drug-likeness (QED) is 0.304. The van der Waals surface area contributed by atoms with E-state index in [1.807, 2.05) is 0 Å². The normalized spacial score (nSPS) is 29.0. The van der Waals surface area contributed by atoms with E-state index in [-0.39, 0.29) is 6.61 Å². The van der Waals surface area contributed by atoms with Crippen molar-refractivity contribution in [1.82, 2.24) is 10.6 Å². The summed E-state index contributed by atoms with van der Waals surface area (Å²) in [5, 5.41) is 3.56. The fourth-order valence-corrected chi connectivity index (χ4v) is 6.47. The lowest BCUT2D eigenvalue weighted by atomic mass is 9.93. The molecule has 2 amide bonds. The third-order valence-electron chi connectivity index (χ3n) is 4.95. The van der Waals surface area contributed by atoms with Crippen molar-refractivity contribution < 1.29 is 41.8 Å². The molecule has 0 spiro atoms. The lowest BCUT2D eigenvalue weighted by Crippen LogP contribution is -2.62. The minimum Gasteiger partial charge on any atom is -0.464 e. The summed E-state index contributed by atoms with van der Waals surface area (Å²) in [6.07, 6.45) is -0.00315. The summed E-state index contributed by atoms with van der Waals surface area (Å²) in [6.45, 7) is 11.0. The Morgan fingerprint density at radius 1 is 1.26 bits per heavy atom. The van der Waals surface area contributed by atoms with Crippen molar-refractivity contribution in [3.8, 4) is 0 Å². The van der Waals surface area contributed by atoms with Crippen LogP contribution in [0.15, 0.2) is 12.8 Å². The van der Waals surface area contributed by atoms with E-state index in [0.717, 1.165) is 6.26 Å². The Bertz CT molecular complexity index is 893. The van der Waals surface area contributed by atoms with Crippen LogP contribution in [-0.2, 0) is 38.4 Å². The first kappa shape index (κ1) is 24.6. The highest BCUT2D eigenvalue weighted by atomic mass is 32.2. The van der Waals surface area contributed by atoms with Crippen molar-refractivity contribution in [1.29, 1.82) is 0 Å². The van der Waals surface area contributed by atoms with Crippen molar-refractivity contribution >= 4 is 33.8 Å². The van der Waals surface area contributed by atoms with Gasteiger partial charge in [0.05, 0.1) is 29.8 Å². The highest BCUT2D eigenvalue weighted by Crippen LogP contribution is 2.58. The van der Waals surface area contributed by atoms with Crippen LogP contribution in [0.4, 0.5) is 4.79 Å². The smallest absolute Gasteiger partial charge is 0.408 e. The van der Waals surface area contributed by atoms with Crippen molar-refractivity contribution in [3.63, 3.8) is 0 Å². The molecule has 0 aromatic heterocycles.